The molecule has 0 radical (unpaired) electrons. The zero-order chi connectivity index (χ0) is 15.2. The monoisotopic (exact) mass is 310 g/mol. The van der Waals surface area contributed by atoms with Crippen LogP contribution in [-0.2, 0) is 6.42 Å². The summed E-state index contributed by atoms with van der Waals surface area (Å²) in [6, 6.07) is 4.24. The smallest absolute Gasteiger partial charge is 0.175 e. The van der Waals surface area contributed by atoms with Crippen LogP contribution < -0.4 is 5.73 Å². The predicted octanol–water partition coefficient (Wildman–Crippen LogP) is 5.23. The van der Waals surface area contributed by atoms with Crippen molar-refractivity contribution in [3.05, 3.63) is 34.8 Å². The van der Waals surface area contributed by atoms with Crippen LogP contribution in [0.15, 0.2) is 22.7 Å². The largest absolute Gasteiger partial charge is 0.380 e. The summed E-state index contributed by atoms with van der Waals surface area (Å²) in [6.07, 6.45) is 6.59. The molecule has 0 aliphatic rings. The van der Waals surface area contributed by atoms with Crippen LogP contribution >= 0.6 is 11.6 Å². The van der Waals surface area contributed by atoms with Gasteiger partial charge in [-0.1, -0.05) is 49.4 Å². The van der Waals surface area contributed by atoms with Crippen molar-refractivity contribution in [3.8, 4) is 11.1 Å². The standard InChI is InChI=1S/C16H20ClFN2O/c1-2-3-4-5-6-7-14-15(16(19)20-21-14)12-9-8-11(18)10-13(12)17/h8-10H,2-7H2,1H3,(H2,19,20). The van der Waals surface area contributed by atoms with Crippen molar-refractivity contribution < 1.29 is 8.91 Å². The van der Waals surface area contributed by atoms with Crippen LogP contribution in [0.3, 0.4) is 0 Å². The molecule has 2 N–H and O–H groups in total. The summed E-state index contributed by atoms with van der Waals surface area (Å²) >= 11 is 6.10. The molecule has 1 aromatic heterocycles. The molecule has 0 saturated carbocycles. The van der Waals surface area contributed by atoms with E-state index in [9.17, 15) is 4.39 Å². The van der Waals surface area contributed by atoms with Crippen molar-refractivity contribution in [2.24, 2.45) is 0 Å². The number of anilines is 1. The van der Waals surface area contributed by atoms with Gasteiger partial charge in [-0.15, -0.1) is 0 Å². The summed E-state index contributed by atoms with van der Waals surface area (Å²) in [5, 5.41) is 4.14. The van der Waals surface area contributed by atoms with Crippen molar-refractivity contribution in [1.29, 1.82) is 0 Å². The molecule has 0 saturated heterocycles. The SMILES string of the molecule is CCCCCCCc1onc(N)c1-c1ccc(F)cc1Cl. The average Bonchev–Trinajstić information content (AvgIpc) is 2.80. The fourth-order valence-corrected chi connectivity index (χ4v) is 2.64. The van der Waals surface area contributed by atoms with Crippen molar-refractivity contribution in [2.75, 3.05) is 5.73 Å². The van der Waals surface area contributed by atoms with E-state index in [1.165, 1.54) is 31.4 Å². The molecule has 0 aliphatic carbocycles. The minimum absolute atomic E-state index is 0.298. The van der Waals surface area contributed by atoms with Gasteiger partial charge in [0.15, 0.2) is 5.82 Å². The highest BCUT2D eigenvalue weighted by Crippen LogP contribution is 2.35. The van der Waals surface area contributed by atoms with E-state index in [1.807, 2.05) is 0 Å². The fourth-order valence-electron chi connectivity index (χ4n) is 2.38. The first-order valence-corrected chi connectivity index (χ1v) is 7.70. The minimum atomic E-state index is -0.375. The summed E-state index contributed by atoms with van der Waals surface area (Å²) in [7, 11) is 0. The highest BCUT2D eigenvalue weighted by molar-refractivity contribution is 6.33. The Morgan fingerprint density at radius 2 is 2.00 bits per heavy atom. The number of hydrogen-bond acceptors (Lipinski definition) is 3. The second-order valence-corrected chi connectivity index (χ2v) is 5.56. The lowest BCUT2D eigenvalue weighted by molar-refractivity contribution is 0.381. The van der Waals surface area contributed by atoms with Gasteiger partial charge in [0.05, 0.1) is 10.6 Å². The van der Waals surface area contributed by atoms with Crippen LogP contribution in [0.25, 0.3) is 11.1 Å². The first-order chi connectivity index (χ1) is 10.1. The second kappa shape index (κ2) is 7.46. The molecule has 0 fully saturated rings. The molecule has 2 aromatic rings. The molecule has 0 aliphatic heterocycles. The third kappa shape index (κ3) is 3.97. The van der Waals surface area contributed by atoms with Gasteiger partial charge >= 0.3 is 0 Å². The van der Waals surface area contributed by atoms with Gasteiger partial charge in [0.1, 0.15) is 11.6 Å². The van der Waals surface area contributed by atoms with Crippen molar-refractivity contribution in [3.63, 3.8) is 0 Å². The second-order valence-electron chi connectivity index (χ2n) is 5.15. The molecular formula is C16H20ClFN2O. The highest BCUT2D eigenvalue weighted by Gasteiger charge is 2.18. The number of nitrogens with zero attached hydrogens (tertiary/aromatic N) is 1. The van der Waals surface area contributed by atoms with Gasteiger partial charge in [-0.2, -0.15) is 0 Å². The van der Waals surface area contributed by atoms with Gasteiger partial charge in [0, 0.05) is 12.0 Å². The maximum Gasteiger partial charge on any atom is 0.175 e. The first-order valence-electron chi connectivity index (χ1n) is 7.33. The van der Waals surface area contributed by atoms with Crippen molar-refractivity contribution in [2.45, 2.75) is 45.4 Å². The molecule has 0 unspecified atom stereocenters. The Balaban J connectivity index is 2.14. The van der Waals surface area contributed by atoms with Crippen LogP contribution in [0.1, 0.15) is 44.8 Å². The molecule has 3 nitrogen and oxygen atoms in total. The number of halogens is 2. The van der Waals surface area contributed by atoms with Gasteiger partial charge in [0.2, 0.25) is 0 Å². The average molecular weight is 311 g/mol. The zero-order valence-electron chi connectivity index (χ0n) is 12.2. The highest BCUT2D eigenvalue weighted by atomic mass is 35.5. The van der Waals surface area contributed by atoms with E-state index in [1.54, 1.807) is 6.07 Å². The van der Waals surface area contributed by atoms with Crippen LogP contribution in [0.4, 0.5) is 10.2 Å². The molecule has 0 atom stereocenters. The van der Waals surface area contributed by atoms with E-state index in [2.05, 4.69) is 12.1 Å². The van der Waals surface area contributed by atoms with Gasteiger partial charge in [0.25, 0.3) is 0 Å². The van der Waals surface area contributed by atoms with Crippen LogP contribution in [0, 0.1) is 5.82 Å². The number of benzene rings is 1. The number of nitrogen functional groups attached to an aromatic ring is 1. The van der Waals surface area contributed by atoms with Crippen molar-refractivity contribution in [1.82, 2.24) is 5.16 Å². The molecule has 2 rings (SSSR count). The molecule has 21 heavy (non-hydrogen) atoms. The number of hydrogen-bond donors (Lipinski definition) is 1. The predicted molar refractivity (Wildman–Crippen MR) is 83.8 cm³/mol. The summed E-state index contributed by atoms with van der Waals surface area (Å²) < 4.78 is 18.5. The van der Waals surface area contributed by atoms with E-state index >= 15 is 0 Å². The Hall–Kier alpha value is -1.55. The number of nitrogens with two attached hydrogens (primary N) is 1. The normalized spacial score (nSPS) is 11.0. The van der Waals surface area contributed by atoms with E-state index in [0.717, 1.165) is 25.0 Å². The molecule has 0 amide bonds. The Bertz CT molecular complexity index is 598. The van der Waals surface area contributed by atoms with Crippen LogP contribution in [0.5, 0.6) is 0 Å². The number of unbranched alkanes of at least 4 members (excludes halogenated alkanes) is 4. The third-order valence-electron chi connectivity index (χ3n) is 3.50. The van der Waals surface area contributed by atoms with E-state index in [0.29, 0.717) is 22.0 Å². The van der Waals surface area contributed by atoms with Gasteiger partial charge in [-0.3, -0.25) is 0 Å². The molecule has 0 bridgehead atoms. The quantitative estimate of drug-likeness (QED) is 0.712. The number of aryl methyl sites for hydroxylation is 1. The topological polar surface area (TPSA) is 52.0 Å². The van der Waals surface area contributed by atoms with E-state index in [4.69, 9.17) is 21.9 Å². The lowest BCUT2D eigenvalue weighted by atomic mass is 10.0. The maximum absolute atomic E-state index is 13.2. The Morgan fingerprint density at radius 1 is 1.24 bits per heavy atom. The van der Waals surface area contributed by atoms with Crippen LogP contribution in [-0.4, -0.2) is 5.16 Å². The number of aromatic nitrogens is 1. The Labute approximate surface area is 129 Å². The fraction of sp³-hybridized carbons (Fsp3) is 0.438. The molecule has 114 valence electrons. The number of rotatable bonds is 7. The van der Waals surface area contributed by atoms with Gasteiger partial charge in [-0.25, -0.2) is 4.39 Å². The molecular weight excluding hydrogens is 291 g/mol. The zero-order valence-corrected chi connectivity index (χ0v) is 12.9. The maximum atomic E-state index is 13.2. The lowest BCUT2D eigenvalue weighted by Gasteiger charge is -2.05. The summed E-state index contributed by atoms with van der Waals surface area (Å²) in [6.45, 7) is 2.19. The first kappa shape index (κ1) is 15.8. The van der Waals surface area contributed by atoms with Crippen molar-refractivity contribution >= 4 is 17.4 Å². The molecule has 1 aromatic carbocycles. The lowest BCUT2D eigenvalue weighted by Crippen LogP contribution is -1.93. The molecule has 0 spiro atoms. The summed E-state index contributed by atoms with van der Waals surface area (Å²) in [4.78, 5) is 0. The summed E-state index contributed by atoms with van der Waals surface area (Å²) in [5.41, 5.74) is 7.23. The third-order valence-corrected chi connectivity index (χ3v) is 3.81. The Kier molecular flexibility index (Phi) is 5.62. The molecule has 5 heteroatoms. The Morgan fingerprint density at radius 3 is 2.71 bits per heavy atom. The van der Waals surface area contributed by atoms with Gasteiger partial charge in [-0.05, 0) is 24.6 Å². The minimum Gasteiger partial charge on any atom is -0.380 e. The van der Waals surface area contributed by atoms with E-state index < -0.39 is 0 Å². The molecule has 1 heterocycles. The van der Waals surface area contributed by atoms with E-state index in [-0.39, 0.29) is 5.82 Å². The van der Waals surface area contributed by atoms with Crippen LogP contribution in [0.2, 0.25) is 5.02 Å². The summed E-state index contributed by atoms with van der Waals surface area (Å²) in [5.74, 6) is 0.643. The van der Waals surface area contributed by atoms with Gasteiger partial charge < -0.3 is 10.3 Å².